The van der Waals surface area contributed by atoms with E-state index in [2.05, 4.69) is 0 Å². The number of nitrogens with zero attached hydrogens (tertiary/aromatic N) is 1. The van der Waals surface area contributed by atoms with E-state index in [-0.39, 0.29) is 4.74 Å². The zero-order chi connectivity index (χ0) is 9.26. The minimum absolute atomic E-state index is 0.119. The average molecular weight is 191 g/mol. The molecule has 13 heavy (non-hydrogen) atoms. The molecule has 0 saturated carbocycles. The Morgan fingerprint density at radius 1 is 1.23 bits per heavy atom. The summed E-state index contributed by atoms with van der Waals surface area (Å²) in [4.78, 5) is 11.4. The SMILES string of the molecule is Cn1cc(-c2ccccc2)c(=O)s1. The first-order valence-electron chi connectivity index (χ1n) is 4.00. The molecular weight excluding hydrogens is 182 g/mol. The van der Waals surface area contributed by atoms with Crippen molar-refractivity contribution in [1.29, 1.82) is 0 Å². The van der Waals surface area contributed by atoms with Crippen molar-refractivity contribution in [3.63, 3.8) is 0 Å². The molecule has 0 aliphatic heterocycles. The summed E-state index contributed by atoms with van der Waals surface area (Å²) < 4.78 is 1.94. The summed E-state index contributed by atoms with van der Waals surface area (Å²) in [5, 5.41) is 0. The van der Waals surface area contributed by atoms with Gasteiger partial charge in [0.1, 0.15) is 0 Å². The fourth-order valence-electron chi connectivity index (χ4n) is 1.25. The summed E-state index contributed by atoms with van der Waals surface area (Å²) in [6, 6.07) is 9.71. The van der Waals surface area contributed by atoms with E-state index in [1.165, 1.54) is 11.5 Å². The van der Waals surface area contributed by atoms with Gasteiger partial charge in [-0.25, -0.2) is 0 Å². The fourth-order valence-corrected chi connectivity index (χ4v) is 1.94. The zero-order valence-corrected chi connectivity index (χ0v) is 8.04. The molecule has 0 fully saturated rings. The molecule has 3 heteroatoms. The van der Waals surface area contributed by atoms with Crippen molar-refractivity contribution < 1.29 is 0 Å². The van der Waals surface area contributed by atoms with Crippen LogP contribution in [0.1, 0.15) is 0 Å². The van der Waals surface area contributed by atoms with E-state index in [1.807, 2.05) is 47.5 Å². The largest absolute Gasteiger partial charge is 0.304 e. The van der Waals surface area contributed by atoms with Crippen molar-refractivity contribution in [2.45, 2.75) is 0 Å². The van der Waals surface area contributed by atoms with E-state index in [0.29, 0.717) is 0 Å². The number of hydrogen-bond acceptors (Lipinski definition) is 2. The molecule has 1 heterocycles. The molecule has 2 rings (SSSR count). The maximum Gasteiger partial charge on any atom is 0.257 e. The molecule has 1 aromatic heterocycles. The molecule has 2 aromatic rings. The van der Waals surface area contributed by atoms with Crippen molar-refractivity contribution in [2.24, 2.45) is 7.05 Å². The Morgan fingerprint density at radius 3 is 2.46 bits per heavy atom. The highest BCUT2D eigenvalue weighted by molar-refractivity contribution is 7.04. The predicted molar refractivity (Wildman–Crippen MR) is 55.0 cm³/mol. The van der Waals surface area contributed by atoms with Crippen LogP contribution in [0.15, 0.2) is 41.3 Å². The summed E-state index contributed by atoms with van der Waals surface area (Å²) in [6.45, 7) is 0. The van der Waals surface area contributed by atoms with Crippen molar-refractivity contribution in [1.82, 2.24) is 3.96 Å². The van der Waals surface area contributed by atoms with Gasteiger partial charge in [-0.3, -0.25) is 4.79 Å². The lowest BCUT2D eigenvalue weighted by Gasteiger charge is -1.92. The summed E-state index contributed by atoms with van der Waals surface area (Å²) in [6.07, 6.45) is 1.86. The molecule has 0 aliphatic rings. The van der Waals surface area contributed by atoms with Gasteiger partial charge < -0.3 is 3.96 Å². The van der Waals surface area contributed by atoms with Crippen LogP contribution in [0.5, 0.6) is 0 Å². The van der Waals surface area contributed by atoms with Crippen LogP contribution in [0.3, 0.4) is 0 Å². The summed E-state index contributed by atoms with van der Waals surface area (Å²) in [5.41, 5.74) is 1.78. The molecule has 0 unspecified atom stereocenters. The Morgan fingerprint density at radius 2 is 1.92 bits per heavy atom. The van der Waals surface area contributed by atoms with E-state index < -0.39 is 0 Å². The molecule has 66 valence electrons. The summed E-state index contributed by atoms with van der Waals surface area (Å²) >= 11 is 1.23. The minimum atomic E-state index is 0.119. The van der Waals surface area contributed by atoms with Crippen LogP contribution in [0, 0.1) is 0 Å². The van der Waals surface area contributed by atoms with Gasteiger partial charge >= 0.3 is 0 Å². The molecule has 0 saturated heterocycles. The zero-order valence-electron chi connectivity index (χ0n) is 7.23. The van der Waals surface area contributed by atoms with Crippen molar-refractivity contribution in [2.75, 3.05) is 0 Å². The van der Waals surface area contributed by atoms with Crippen LogP contribution in [-0.2, 0) is 7.05 Å². The van der Waals surface area contributed by atoms with Gasteiger partial charge in [0.05, 0.1) is 5.56 Å². The molecule has 1 aromatic carbocycles. The van der Waals surface area contributed by atoms with E-state index in [9.17, 15) is 4.79 Å². The van der Waals surface area contributed by atoms with Gasteiger partial charge in [0.2, 0.25) is 0 Å². The van der Waals surface area contributed by atoms with Crippen LogP contribution in [0.4, 0.5) is 0 Å². The normalized spacial score (nSPS) is 10.2. The standard InChI is InChI=1S/C10H9NOS/c1-11-7-9(10(12)13-11)8-5-3-2-4-6-8/h2-7H,1H3. The lowest BCUT2D eigenvalue weighted by Crippen LogP contribution is -1.91. The Bertz CT molecular complexity index is 455. The van der Waals surface area contributed by atoms with E-state index in [0.717, 1.165) is 11.1 Å². The van der Waals surface area contributed by atoms with Crippen molar-refractivity contribution in [3.05, 3.63) is 46.1 Å². The molecule has 0 spiro atoms. The Balaban J connectivity index is 2.59. The van der Waals surface area contributed by atoms with Gasteiger partial charge in [0.25, 0.3) is 4.74 Å². The third-order valence-corrected chi connectivity index (χ3v) is 2.62. The van der Waals surface area contributed by atoms with Crippen LogP contribution in [0.25, 0.3) is 11.1 Å². The molecule has 0 atom stereocenters. The lowest BCUT2D eigenvalue weighted by molar-refractivity contribution is 1.03. The van der Waals surface area contributed by atoms with Gasteiger partial charge in [0.15, 0.2) is 0 Å². The van der Waals surface area contributed by atoms with Crippen LogP contribution in [0.2, 0.25) is 0 Å². The third kappa shape index (κ3) is 1.55. The van der Waals surface area contributed by atoms with Gasteiger partial charge in [0, 0.05) is 13.2 Å². The Hall–Kier alpha value is -1.35. The lowest BCUT2D eigenvalue weighted by atomic mass is 10.1. The molecular formula is C10H9NOS. The first-order chi connectivity index (χ1) is 6.27. The first-order valence-corrected chi connectivity index (χ1v) is 4.77. The first kappa shape index (κ1) is 8.26. The smallest absolute Gasteiger partial charge is 0.257 e. The molecule has 0 amide bonds. The molecule has 0 radical (unpaired) electrons. The second kappa shape index (κ2) is 3.18. The number of aryl methyl sites for hydroxylation is 1. The fraction of sp³-hybridized carbons (Fsp3) is 0.100. The Labute approximate surface area is 80.2 Å². The van der Waals surface area contributed by atoms with Crippen molar-refractivity contribution >= 4 is 11.5 Å². The molecule has 0 aliphatic carbocycles. The highest BCUT2D eigenvalue weighted by Crippen LogP contribution is 2.15. The quantitative estimate of drug-likeness (QED) is 0.676. The van der Waals surface area contributed by atoms with Gasteiger partial charge in [-0.05, 0) is 17.1 Å². The average Bonchev–Trinajstić information content (AvgIpc) is 2.47. The Kier molecular flexibility index (Phi) is 2.02. The van der Waals surface area contributed by atoms with Crippen LogP contribution < -0.4 is 4.74 Å². The molecule has 2 nitrogen and oxygen atoms in total. The van der Waals surface area contributed by atoms with E-state index in [4.69, 9.17) is 0 Å². The highest BCUT2D eigenvalue weighted by Gasteiger charge is 2.04. The van der Waals surface area contributed by atoms with Gasteiger partial charge in [-0.15, -0.1) is 0 Å². The topological polar surface area (TPSA) is 22.0 Å². The predicted octanol–water partition coefficient (Wildman–Crippen LogP) is 2.11. The van der Waals surface area contributed by atoms with Gasteiger partial charge in [-0.2, -0.15) is 0 Å². The van der Waals surface area contributed by atoms with Crippen LogP contribution >= 0.6 is 11.5 Å². The minimum Gasteiger partial charge on any atom is -0.304 e. The monoisotopic (exact) mass is 191 g/mol. The number of rotatable bonds is 1. The summed E-state index contributed by atoms with van der Waals surface area (Å²) in [7, 11) is 1.87. The highest BCUT2D eigenvalue weighted by atomic mass is 32.1. The van der Waals surface area contributed by atoms with Crippen molar-refractivity contribution in [3.8, 4) is 11.1 Å². The number of benzene rings is 1. The molecule has 0 bridgehead atoms. The maximum absolute atomic E-state index is 11.4. The number of hydrogen-bond donors (Lipinski definition) is 0. The molecule has 0 N–H and O–H groups in total. The van der Waals surface area contributed by atoms with E-state index >= 15 is 0 Å². The number of aromatic nitrogens is 1. The second-order valence-electron chi connectivity index (χ2n) is 2.83. The van der Waals surface area contributed by atoms with E-state index in [1.54, 1.807) is 0 Å². The third-order valence-electron chi connectivity index (χ3n) is 1.84. The second-order valence-corrected chi connectivity index (χ2v) is 3.96. The van der Waals surface area contributed by atoms with Crippen LogP contribution in [-0.4, -0.2) is 3.96 Å². The van der Waals surface area contributed by atoms with Gasteiger partial charge in [-0.1, -0.05) is 30.3 Å². The maximum atomic E-state index is 11.4. The summed E-state index contributed by atoms with van der Waals surface area (Å²) in [5.74, 6) is 0.